The lowest BCUT2D eigenvalue weighted by Crippen LogP contribution is -2.27. The Morgan fingerprint density at radius 2 is 1.87 bits per heavy atom. The number of nitrogens with one attached hydrogen (secondary N) is 1. The summed E-state index contributed by atoms with van der Waals surface area (Å²) in [6.07, 6.45) is 5.08. The van der Waals surface area contributed by atoms with Gasteiger partial charge in [-0.3, -0.25) is 19.6 Å². The second-order valence-electron chi connectivity index (χ2n) is 6.97. The Kier molecular flexibility index (Phi) is 5.91. The highest BCUT2D eigenvalue weighted by Crippen LogP contribution is 2.25. The van der Waals surface area contributed by atoms with E-state index in [2.05, 4.69) is 15.3 Å². The van der Waals surface area contributed by atoms with E-state index in [1.165, 1.54) is 6.07 Å². The number of amides is 1. The fourth-order valence-electron chi connectivity index (χ4n) is 3.38. The van der Waals surface area contributed by atoms with Crippen LogP contribution in [0, 0.1) is 6.92 Å². The fourth-order valence-corrected chi connectivity index (χ4v) is 3.56. The summed E-state index contributed by atoms with van der Waals surface area (Å²) >= 11 is 6.20. The zero-order valence-electron chi connectivity index (χ0n) is 16.7. The second-order valence-corrected chi connectivity index (χ2v) is 7.38. The number of carbonyl (C=O) groups is 1. The van der Waals surface area contributed by atoms with Crippen LogP contribution in [0.4, 0.5) is 5.69 Å². The maximum Gasteiger partial charge on any atom is 0.261 e. The van der Waals surface area contributed by atoms with Gasteiger partial charge in [0.1, 0.15) is 5.56 Å². The van der Waals surface area contributed by atoms with Crippen LogP contribution in [-0.4, -0.2) is 20.4 Å². The molecule has 1 aromatic carbocycles. The average molecular weight is 431 g/mol. The van der Waals surface area contributed by atoms with Crippen molar-refractivity contribution >= 4 is 23.2 Å². The number of benzene rings is 1. The molecule has 0 aliphatic heterocycles. The molecule has 0 bridgehead atoms. The highest BCUT2D eigenvalue weighted by Gasteiger charge is 2.23. The largest absolute Gasteiger partial charge is 0.338 e. The predicted molar refractivity (Wildman–Crippen MR) is 121 cm³/mol. The summed E-state index contributed by atoms with van der Waals surface area (Å²) in [4.78, 5) is 34.9. The van der Waals surface area contributed by atoms with E-state index in [4.69, 9.17) is 11.6 Å². The van der Waals surface area contributed by atoms with E-state index in [0.717, 1.165) is 5.56 Å². The van der Waals surface area contributed by atoms with Crippen molar-refractivity contribution in [1.29, 1.82) is 0 Å². The summed E-state index contributed by atoms with van der Waals surface area (Å²) < 4.78 is 1.91. The molecule has 7 heteroatoms. The van der Waals surface area contributed by atoms with Crippen LogP contribution in [0.5, 0.6) is 0 Å². The molecule has 0 saturated carbocycles. The molecule has 1 N–H and O–H groups in total. The molecule has 0 radical (unpaired) electrons. The lowest BCUT2D eigenvalue weighted by Gasteiger charge is -2.20. The Morgan fingerprint density at radius 1 is 1.06 bits per heavy atom. The molecule has 4 rings (SSSR count). The first-order valence-electron chi connectivity index (χ1n) is 9.65. The summed E-state index contributed by atoms with van der Waals surface area (Å²) in [6.45, 7) is 2.26. The van der Waals surface area contributed by atoms with Crippen LogP contribution in [0.3, 0.4) is 0 Å². The number of aryl methyl sites for hydroxylation is 1. The number of pyridine rings is 3. The van der Waals surface area contributed by atoms with E-state index in [1.807, 2.05) is 29.7 Å². The van der Waals surface area contributed by atoms with Crippen LogP contribution in [0.2, 0.25) is 5.02 Å². The number of carbonyl (C=O) groups excluding carboxylic acids is 1. The molecule has 0 saturated heterocycles. The first-order valence-corrected chi connectivity index (χ1v) is 10.0. The van der Waals surface area contributed by atoms with Gasteiger partial charge in [-0.25, -0.2) is 0 Å². The van der Waals surface area contributed by atoms with Crippen molar-refractivity contribution < 1.29 is 4.79 Å². The van der Waals surface area contributed by atoms with Gasteiger partial charge in [-0.1, -0.05) is 35.9 Å². The molecule has 6 nitrogen and oxygen atoms in total. The number of anilines is 1. The van der Waals surface area contributed by atoms with E-state index >= 15 is 0 Å². The van der Waals surface area contributed by atoms with Gasteiger partial charge < -0.3 is 9.88 Å². The monoisotopic (exact) mass is 430 g/mol. The third kappa shape index (κ3) is 4.39. The highest BCUT2D eigenvalue weighted by atomic mass is 35.5. The van der Waals surface area contributed by atoms with Crippen molar-refractivity contribution in [2.24, 2.45) is 0 Å². The van der Waals surface area contributed by atoms with Crippen LogP contribution in [-0.2, 0) is 6.54 Å². The highest BCUT2D eigenvalue weighted by molar-refractivity contribution is 6.34. The number of hydrogen-bond acceptors (Lipinski definition) is 4. The van der Waals surface area contributed by atoms with Gasteiger partial charge in [-0.05, 0) is 42.8 Å². The van der Waals surface area contributed by atoms with E-state index in [1.54, 1.807) is 55.0 Å². The van der Waals surface area contributed by atoms with E-state index < -0.39 is 5.91 Å². The third-order valence-corrected chi connectivity index (χ3v) is 5.17. The Morgan fingerprint density at radius 3 is 2.58 bits per heavy atom. The molecule has 4 aromatic rings. The molecule has 0 aliphatic carbocycles. The third-order valence-electron chi connectivity index (χ3n) is 4.84. The fraction of sp³-hybridized carbons (Fsp3) is 0.0833. The zero-order chi connectivity index (χ0) is 21.8. The van der Waals surface area contributed by atoms with Gasteiger partial charge in [0.2, 0.25) is 0 Å². The topological polar surface area (TPSA) is 76.9 Å². The molecule has 3 heterocycles. The minimum atomic E-state index is -0.543. The van der Waals surface area contributed by atoms with Gasteiger partial charge in [0, 0.05) is 36.9 Å². The first kappa shape index (κ1) is 20.5. The number of para-hydroxylation sites is 1. The molecule has 31 heavy (non-hydrogen) atoms. The molecular weight excluding hydrogens is 412 g/mol. The molecule has 0 fully saturated rings. The van der Waals surface area contributed by atoms with Gasteiger partial charge >= 0.3 is 0 Å². The Bertz CT molecular complexity index is 1290. The van der Waals surface area contributed by atoms with E-state index in [-0.39, 0.29) is 11.0 Å². The van der Waals surface area contributed by atoms with Crippen LogP contribution in [0.1, 0.15) is 21.6 Å². The van der Waals surface area contributed by atoms with Crippen molar-refractivity contribution in [3.8, 4) is 11.4 Å². The number of hydrogen-bond donors (Lipinski definition) is 1. The minimum Gasteiger partial charge on any atom is -0.338 e. The predicted octanol–water partition coefficient (Wildman–Crippen LogP) is 4.57. The van der Waals surface area contributed by atoms with Gasteiger partial charge in [0.15, 0.2) is 5.43 Å². The van der Waals surface area contributed by atoms with E-state index in [9.17, 15) is 9.59 Å². The lowest BCUT2D eigenvalue weighted by atomic mass is 10.1. The smallest absolute Gasteiger partial charge is 0.261 e. The summed E-state index contributed by atoms with van der Waals surface area (Å²) in [5.74, 6) is -0.543. The van der Waals surface area contributed by atoms with Crippen molar-refractivity contribution in [2.75, 3.05) is 5.32 Å². The zero-order valence-corrected chi connectivity index (χ0v) is 17.5. The number of halogens is 1. The number of nitrogens with zero attached hydrogens (tertiary/aromatic N) is 3. The molecule has 1 amide bonds. The van der Waals surface area contributed by atoms with E-state index in [0.29, 0.717) is 34.3 Å². The number of aromatic nitrogens is 3. The summed E-state index contributed by atoms with van der Waals surface area (Å²) in [6, 6.07) is 17.5. The van der Waals surface area contributed by atoms with Crippen molar-refractivity contribution in [3.63, 3.8) is 0 Å². The van der Waals surface area contributed by atoms with Crippen molar-refractivity contribution in [2.45, 2.75) is 13.5 Å². The van der Waals surface area contributed by atoms with Crippen molar-refractivity contribution in [1.82, 2.24) is 14.5 Å². The maximum atomic E-state index is 13.3. The summed E-state index contributed by atoms with van der Waals surface area (Å²) in [5.41, 5.74) is 2.67. The van der Waals surface area contributed by atoms with Crippen molar-refractivity contribution in [3.05, 3.63) is 111 Å². The molecule has 0 spiro atoms. The first-order chi connectivity index (χ1) is 15.0. The summed E-state index contributed by atoms with van der Waals surface area (Å²) in [5, 5.41) is 3.15. The van der Waals surface area contributed by atoms with Crippen LogP contribution >= 0.6 is 11.6 Å². The van der Waals surface area contributed by atoms with Gasteiger partial charge in [0.25, 0.3) is 5.91 Å². The van der Waals surface area contributed by atoms with Gasteiger partial charge in [-0.2, -0.15) is 0 Å². The molecule has 3 aromatic heterocycles. The van der Waals surface area contributed by atoms with Gasteiger partial charge in [0.05, 0.1) is 22.1 Å². The summed E-state index contributed by atoms with van der Waals surface area (Å²) in [7, 11) is 0. The second kappa shape index (κ2) is 8.93. The lowest BCUT2D eigenvalue weighted by molar-refractivity contribution is 0.102. The Labute approximate surface area is 184 Å². The van der Waals surface area contributed by atoms with Crippen LogP contribution in [0.15, 0.2) is 84.0 Å². The normalized spacial score (nSPS) is 10.6. The molecule has 154 valence electrons. The molecular formula is C24H19ClN4O2. The van der Waals surface area contributed by atoms with Crippen LogP contribution in [0.25, 0.3) is 11.4 Å². The Hall–Kier alpha value is -3.77. The average Bonchev–Trinajstić information content (AvgIpc) is 2.78. The minimum absolute atomic E-state index is 0.00751. The quantitative estimate of drug-likeness (QED) is 0.503. The SMILES string of the molecule is Cc1cc(=O)c(C(=O)Nc2ccccc2Cl)c(-c2ccccn2)n1Cc1cccnc1. The standard InChI is InChI=1S/C24H19ClN4O2/c1-16-13-21(30)22(24(31)28-19-9-3-2-8-18(19)25)23(20-10-4-5-12-27-20)29(16)15-17-7-6-11-26-14-17/h2-14H,15H2,1H3,(H,28,31). The Balaban J connectivity index is 1.90. The number of rotatable bonds is 5. The molecule has 0 unspecified atom stereocenters. The molecule has 0 atom stereocenters. The van der Waals surface area contributed by atoms with Crippen LogP contribution < -0.4 is 10.7 Å². The maximum absolute atomic E-state index is 13.3. The van der Waals surface area contributed by atoms with Gasteiger partial charge in [-0.15, -0.1) is 0 Å². The molecule has 0 aliphatic rings.